The number of nitrogens with one attached hydrogen (secondary N) is 1. The Morgan fingerprint density at radius 2 is 1.87 bits per heavy atom. The highest BCUT2D eigenvalue weighted by Gasteiger charge is 2.46. The van der Waals surface area contributed by atoms with Crippen molar-refractivity contribution in [2.24, 2.45) is 5.92 Å². The molecule has 1 saturated carbocycles. The Morgan fingerprint density at radius 3 is 2.61 bits per heavy atom. The number of halogens is 3. The Bertz CT molecular complexity index is 741. The molecule has 1 fully saturated rings. The number of rotatable bonds is 3. The molecule has 0 radical (unpaired) electrons. The topological polar surface area (TPSA) is 34.2 Å². The summed E-state index contributed by atoms with van der Waals surface area (Å²) in [5, 5.41) is 3.00. The molecule has 4 rings (SSSR count). The van der Waals surface area contributed by atoms with E-state index in [4.69, 9.17) is 4.74 Å². The van der Waals surface area contributed by atoms with Crippen molar-refractivity contribution in [2.45, 2.75) is 24.9 Å². The van der Waals surface area contributed by atoms with Gasteiger partial charge in [0.15, 0.2) is 0 Å². The Labute approximate surface area is 131 Å². The van der Waals surface area contributed by atoms with Crippen molar-refractivity contribution in [2.75, 3.05) is 11.9 Å². The summed E-state index contributed by atoms with van der Waals surface area (Å²) in [7, 11) is 0. The summed E-state index contributed by atoms with van der Waals surface area (Å²) >= 11 is 0. The molecule has 1 atom stereocenters. The number of benzene rings is 1. The summed E-state index contributed by atoms with van der Waals surface area (Å²) in [6.07, 6.45) is -2.08. The summed E-state index contributed by atoms with van der Waals surface area (Å²) in [6.45, 7) is 0.574. The Morgan fingerprint density at radius 1 is 1.09 bits per heavy atom. The fraction of sp³-hybridized carbons (Fsp3) is 0.353. The van der Waals surface area contributed by atoms with E-state index in [0.29, 0.717) is 24.1 Å². The SMILES string of the molecule is FC(F)(F)[C@@H]1c2ccccc2Nc2nc(OCC3CC3)ccc21. The minimum atomic E-state index is -4.37. The van der Waals surface area contributed by atoms with E-state index in [1.165, 1.54) is 18.2 Å². The van der Waals surface area contributed by atoms with Gasteiger partial charge in [0.1, 0.15) is 11.7 Å². The molecule has 0 unspecified atom stereocenters. The minimum absolute atomic E-state index is 0.134. The Hall–Kier alpha value is -2.24. The van der Waals surface area contributed by atoms with Gasteiger partial charge in [-0.3, -0.25) is 0 Å². The number of anilines is 2. The average Bonchev–Trinajstić information content (AvgIpc) is 3.33. The molecule has 120 valence electrons. The lowest BCUT2D eigenvalue weighted by Crippen LogP contribution is -2.27. The lowest BCUT2D eigenvalue weighted by Gasteiger charge is -2.30. The zero-order valence-corrected chi connectivity index (χ0v) is 12.2. The molecule has 1 aromatic heterocycles. The van der Waals surface area contributed by atoms with Crippen molar-refractivity contribution in [1.82, 2.24) is 4.98 Å². The predicted molar refractivity (Wildman–Crippen MR) is 80.1 cm³/mol. The van der Waals surface area contributed by atoms with Gasteiger partial charge in [0.05, 0.1) is 6.61 Å². The van der Waals surface area contributed by atoms with Crippen LogP contribution in [0.25, 0.3) is 0 Å². The molecular weight excluding hydrogens is 305 g/mol. The van der Waals surface area contributed by atoms with Crippen LogP contribution in [0.3, 0.4) is 0 Å². The third kappa shape index (κ3) is 2.73. The fourth-order valence-corrected chi connectivity index (χ4v) is 2.86. The van der Waals surface area contributed by atoms with Gasteiger partial charge in [-0.15, -0.1) is 0 Å². The van der Waals surface area contributed by atoms with E-state index in [9.17, 15) is 13.2 Å². The third-order valence-electron chi connectivity index (χ3n) is 4.23. The lowest BCUT2D eigenvalue weighted by molar-refractivity contribution is -0.141. The van der Waals surface area contributed by atoms with E-state index < -0.39 is 12.1 Å². The van der Waals surface area contributed by atoms with Crippen molar-refractivity contribution in [3.8, 4) is 5.88 Å². The van der Waals surface area contributed by atoms with Gasteiger partial charge in [-0.05, 0) is 36.5 Å². The predicted octanol–water partition coefficient (Wildman–Crippen LogP) is 4.62. The van der Waals surface area contributed by atoms with Crippen molar-refractivity contribution >= 4 is 11.5 Å². The first-order chi connectivity index (χ1) is 11.0. The number of aromatic nitrogens is 1. The highest BCUT2D eigenvalue weighted by molar-refractivity contribution is 5.71. The van der Waals surface area contributed by atoms with Gasteiger partial charge >= 0.3 is 6.18 Å². The number of hydrogen-bond acceptors (Lipinski definition) is 3. The zero-order valence-electron chi connectivity index (χ0n) is 12.2. The molecule has 0 spiro atoms. The normalized spacial score (nSPS) is 19.5. The van der Waals surface area contributed by atoms with Gasteiger partial charge in [0, 0.05) is 17.3 Å². The van der Waals surface area contributed by atoms with Gasteiger partial charge in [-0.1, -0.05) is 18.2 Å². The van der Waals surface area contributed by atoms with Gasteiger partial charge in [0.2, 0.25) is 5.88 Å². The van der Waals surface area contributed by atoms with Gasteiger partial charge < -0.3 is 10.1 Å². The van der Waals surface area contributed by atoms with E-state index in [1.54, 1.807) is 18.2 Å². The Balaban J connectivity index is 1.72. The van der Waals surface area contributed by atoms with E-state index in [1.807, 2.05) is 0 Å². The second-order valence-electron chi connectivity index (χ2n) is 6.03. The van der Waals surface area contributed by atoms with Crippen molar-refractivity contribution in [3.63, 3.8) is 0 Å². The van der Waals surface area contributed by atoms with Crippen molar-refractivity contribution < 1.29 is 17.9 Å². The van der Waals surface area contributed by atoms with Crippen LogP contribution in [0, 0.1) is 5.92 Å². The molecule has 0 amide bonds. The van der Waals surface area contributed by atoms with Crippen LogP contribution < -0.4 is 10.1 Å². The summed E-state index contributed by atoms with van der Waals surface area (Å²) in [6, 6.07) is 9.45. The molecule has 1 N–H and O–H groups in total. The summed E-state index contributed by atoms with van der Waals surface area (Å²) in [4.78, 5) is 4.24. The van der Waals surface area contributed by atoms with E-state index in [-0.39, 0.29) is 16.9 Å². The number of fused-ring (bicyclic) bond motifs is 2. The second kappa shape index (κ2) is 5.15. The number of alkyl halides is 3. The highest BCUT2D eigenvalue weighted by atomic mass is 19.4. The first kappa shape index (κ1) is 14.4. The van der Waals surface area contributed by atoms with Gasteiger partial charge in [-0.2, -0.15) is 18.2 Å². The maximum Gasteiger partial charge on any atom is 0.399 e. The molecule has 0 bridgehead atoms. The second-order valence-corrected chi connectivity index (χ2v) is 6.03. The van der Waals surface area contributed by atoms with E-state index in [2.05, 4.69) is 10.3 Å². The van der Waals surface area contributed by atoms with Crippen molar-refractivity contribution in [3.05, 3.63) is 47.5 Å². The number of nitrogens with zero attached hydrogens (tertiary/aromatic N) is 1. The smallest absolute Gasteiger partial charge is 0.399 e. The van der Waals surface area contributed by atoms with Crippen LogP contribution in [0.15, 0.2) is 36.4 Å². The van der Waals surface area contributed by atoms with Crippen LogP contribution >= 0.6 is 0 Å². The van der Waals surface area contributed by atoms with Crippen LogP contribution in [0.5, 0.6) is 5.88 Å². The Kier molecular flexibility index (Phi) is 3.21. The lowest BCUT2D eigenvalue weighted by atomic mass is 9.87. The molecule has 6 heteroatoms. The molecule has 2 heterocycles. The number of pyridine rings is 1. The fourth-order valence-electron chi connectivity index (χ4n) is 2.86. The largest absolute Gasteiger partial charge is 0.477 e. The molecule has 3 nitrogen and oxygen atoms in total. The van der Waals surface area contributed by atoms with Crippen LogP contribution in [0.2, 0.25) is 0 Å². The minimum Gasteiger partial charge on any atom is -0.477 e. The molecule has 1 aliphatic heterocycles. The number of hydrogen-bond donors (Lipinski definition) is 1. The van der Waals surface area contributed by atoms with Gasteiger partial charge in [0.25, 0.3) is 0 Å². The van der Waals surface area contributed by atoms with Crippen LogP contribution in [-0.4, -0.2) is 17.8 Å². The molecule has 23 heavy (non-hydrogen) atoms. The number of para-hydroxylation sites is 1. The standard InChI is InChI=1S/C17H15F3N2O/c18-17(19,20)15-11-3-1-2-4-13(11)21-16-12(15)7-8-14(22-16)23-9-10-5-6-10/h1-4,7-8,10,15H,5-6,9H2,(H,21,22)/t15-/m1/s1. The molecule has 1 aromatic carbocycles. The molecular formula is C17H15F3N2O. The van der Waals surface area contributed by atoms with E-state index in [0.717, 1.165) is 12.8 Å². The van der Waals surface area contributed by atoms with Crippen LogP contribution in [0.1, 0.15) is 29.9 Å². The molecule has 1 aliphatic carbocycles. The summed E-state index contributed by atoms with van der Waals surface area (Å²) in [5.74, 6) is -0.521. The summed E-state index contributed by atoms with van der Waals surface area (Å²) in [5.41, 5.74) is 0.796. The maximum atomic E-state index is 13.6. The first-order valence-electron chi connectivity index (χ1n) is 7.59. The monoisotopic (exact) mass is 320 g/mol. The van der Waals surface area contributed by atoms with Crippen molar-refractivity contribution in [1.29, 1.82) is 0 Å². The third-order valence-corrected chi connectivity index (χ3v) is 4.23. The summed E-state index contributed by atoms with van der Waals surface area (Å²) < 4.78 is 46.3. The highest BCUT2D eigenvalue weighted by Crippen LogP contribution is 2.49. The van der Waals surface area contributed by atoms with E-state index >= 15 is 0 Å². The molecule has 2 aliphatic rings. The maximum absolute atomic E-state index is 13.6. The quantitative estimate of drug-likeness (QED) is 0.896. The zero-order chi connectivity index (χ0) is 16.0. The average molecular weight is 320 g/mol. The van der Waals surface area contributed by atoms with Crippen LogP contribution in [-0.2, 0) is 0 Å². The van der Waals surface area contributed by atoms with Gasteiger partial charge in [-0.25, -0.2) is 0 Å². The van der Waals surface area contributed by atoms with Crippen LogP contribution in [0.4, 0.5) is 24.7 Å². The first-order valence-corrected chi connectivity index (χ1v) is 7.59. The molecule has 0 saturated heterocycles. The number of ether oxygens (including phenoxy) is 1. The molecule has 2 aromatic rings.